The number of hydrogen-bond donors (Lipinski definition) is 1. The van der Waals surface area contributed by atoms with Crippen LogP contribution in [0.4, 0.5) is 5.69 Å². The normalized spacial score (nSPS) is 14.0. The van der Waals surface area contributed by atoms with Crippen molar-refractivity contribution in [1.82, 2.24) is 13.8 Å². The number of carbonyl (C=O) groups excluding carboxylic acids is 2. The van der Waals surface area contributed by atoms with Gasteiger partial charge in [0.15, 0.2) is 0 Å². The molecular weight excluding hydrogens is 576 g/mol. The second kappa shape index (κ2) is 12.0. The lowest BCUT2D eigenvalue weighted by atomic mass is 10.1. The van der Waals surface area contributed by atoms with E-state index in [1.807, 2.05) is 66.1 Å². The summed E-state index contributed by atoms with van der Waals surface area (Å²) in [6.45, 7) is 4.09. The third-order valence-corrected chi connectivity index (χ3v) is 9.53. The fourth-order valence-corrected chi connectivity index (χ4v) is 6.75. The summed E-state index contributed by atoms with van der Waals surface area (Å²) >= 11 is 6.60. The molecule has 1 aromatic heterocycles. The molecule has 2 heterocycles. The van der Waals surface area contributed by atoms with Gasteiger partial charge < -0.3 is 19.5 Å². The van der Waals surface area contributed by atoms with Crippen LogP contribution in [0.3, 0.4) is 0 Å². The number of amides is 2. The summed E-state index contributed by atoms with van der Waals surface area (Å²) in [7, 11) is -2.15. The van der Waals surface area contributed by atoms with Gasteiger partial charge in [0.25, 0.3) is 5.91 Å². The Bertz CT molecular complexity index is 1730. The first-order valence-electron chi connectivity index (χ1n) is 13.4. The number of nitrogens with zero attached hydrogens (tertiary/aromatic N) is 3. The molecule has 218 valence electrons. The number of nitrogens with one attached hydrogen (secondary N) is 1. The van der Waals surface area contributed by atoms with Crippen molar-refractivity contribution in [3.05, 3.63) is 95.1 Å². The molecule has 5 rings (SSSR count). The van der Waals surface area contributed by atoms with Crippen molar-refractivity contribution < 1.29 is 22.7 Å². The van der Waals surface area contributed by atoms with Gasteiger partial charge in [-0.1, -0.05) is 23.7 Å². The van der Waals surface area contributed by atoms with Crippen LogP contribution in [0.2, 0.25) is 5.02 Å². The maximum Gasteiger partial charge on any atom is 0.255 e. The highest BCUT2D eigenvalue weighted by Crippen LogP contribution is 2.34. The van der Waals surface area contributed by atoms with Crippen LogP contribution >= 0.6 is 11.6 Å². The van der Waals surface area contributed by atoms with Gasteiger partial charge in [-0.05, 0) is 79.2 Å². The van der Waals surface area contributed by atoms with Gasteiger partial charge in [-0.2, -0.15) is 4.31 Å². The van der Waals surface area contributed by atoms with E-state index in [1.54, 1.807) is 24.1 Å². The van der Waals surface area contributed by atoms with Gasteiger partial charge in [0.1, 0.15) is 5.75 Å². The highest BCUT2D eigenvalue weighted by molar-refractivity contribution is 7.89. The van der Waals surface area contributed by atoms with E-state index < -0.39 is 10.0 Å². The molecule has 11 heteroatoms. The van der Waals surface area contributed by atoms with Gasteiger partial charge >= 0.3 is 0 Å². The Labute approximate surface area is 250 Å². The largest absolute Gasteiger partial charge is 0.497 e. The molecule has 1 aliphatic rings. The molecular formula is C31H31ClN4O5S. The van der Waals surface area contributed by atoms with Crippen LogP contribution in [0, 0.1) is 6.92 Å². The first kappa shape index (κ1) is 29.4. The average Bonchev–Trinajstić information content (AvgIpc) is 3.33. The van der Waals surface area contributed by atoms with E-state index in [0.29, 0.717) is 16.3 Å². The lowest BCUT2D eigenvalue weighted by Gasteiger charge is -2.34. The molecule has 0 radical (unpaired) electrons. The number of sulfonamides is 1. The minimum atomic E-state index is -3.76. The zero-order valence-corrected chi connectivity index (χ0v) is 25.1. The SMILES string of the molecule is COc1ccc(-c2cc(C(=O)N3CCN(S(=O)(=O)c4ccc(NC(C)=O)cc4)CC3)c(C)n2-c2ccccc2Cl)cc1. The van der Waals surface area contributed by atoms with E-state index >= 15 is 0 Å². The van der Waals surface area contributed by atoms with E-state index in [4.69, 9.17) is 16.3 Å². The molecule has 1 N–H and O–H groups in total. The number of piperazine rings is 1. The number of aromatic nitrogens is 1. The molecule has 2 amide bonds. The molecule has 9 nitrogen and oxygen atoms in total. The quantitative estimate of drug-likeness (QED) is 0.311. The fourth-order valence-electron chi connectivity index (χ4n) is 5.11. The van der Waals surface area contributed by atoms with Crippen LogP contribution in [-0.2, 0) is 14.8 Å². The standard InChI is InChI=1S/C31H31ClN4O5S/c1-21-27(20-30(23-8-12-25(41-3)13-9-23)36(21)29-7-5-4-6-28(29)32)31(38)34-16-18-35(19-17-34)42(39,40)26-14-10-24(11-15-26)33-22(2)37/h4-15,20H,16-19H2,1-3H3,(H,33,37). The molecule has 1 saturated heterocycles. The van der Waals surface area contributed by atoms with E-state index in [1.165, 1.54) is 23.4 Å². The monoisotopic (exact) mass is 606 g/mol. The molecule has 0 atom stereocenters. The van der Waals surface area contributed by atoms with Gasteiger partial charge in [0.2, 0.25) is 15.9 Å². The highest BCUT2D eigenvalue weighted by atomic mass is 35.5. The van der Waals surface area contributed by atoms with Crippen LogP contribution in [-0.4, -0.2) is 67.3 Å². The van der Waals surface area contributed by atoms with Gasteiger partial charge in [-0.3, -0.25) is 9.59 Å². The maximum atomic E-state index is 13.8. The molecule has 3 aromatic carbocycles. The molecule has 0 unspecified atom stereocenters. The van der Waals surface area contributed by atoms with Gasteiger partial charge in [-0.15, -0.1) is 0 Å². The molecule has 0 aliphatic carbocycles. The second-order valence-corrected chi connectivity index (χ2v) is 12.3. The Balaban J connectivity index is 1.39. The zero-order chi connectivity index (χ0) is 30.0. The van der Waals surface area contributed by atoms with Crippen LogP contribution in [0.15, 0.2) is 83.8 Å². The summed E-state index contributed by atoms with van der Waals surface area (Å²) < 4.78 is 35.2. The number of hydrogen-bond acceptors (Lipinski definition) is 5. The van der Waals surface area contributed by atoms with Gasteiger partial charge in [0, 0.05) is 44.5 Å². The molecule has 4 aromatic rings. The molecule has 1 fully saturated rings. The molecule has 0 saturated carbocycles. The number of halogens is 1. The van der Waals surface area contributed by atoms with Crippen molar-refractivity contribution in [2.24, 2.45) is 0 Å². The molecule has 1 aliphatic heterocycles. The van der Waals surface area contributed by atoms with Crippen molar-refractivity contribution in [1.29, 1.82) is 0 Å². The summed E-state index contributed by atoms with van der Waals surface area (Å²) in [5.74, 6) is 0.309. The molecule has 0 bridgehead atoms. The van der Waals surface area contributed by atoms with E-state index in [0.717, 1.165) is 28.4 Å². The van der Waals surface area contributed by atoms with Crippen molar-refractivity contribution in [2.75, 3.05) is 38.6 Å². The van der Waals surface area contributed by atoms with Crippen molar-refractivity contribution in [3.63, 3.8) is 0 Å². The first-order chi connectivity index (χ1) is 20.1. The van der Waals surface area contributed by atoms with Crippen molar-refractivity contribution in [3.8, 4) is 22.7 Å². The third-order valence-electron chi connectivity index (χ3n) is 7.30. The van der Waals surface area contributed by atoms with Crippen LogP contribution in [0.1, 0.15) is 23.0 Å². The summed E-state index contributed by atoms with van der Waals surface area (Å²) in [5.41, 5.74) is 4.21. The second-order valence-electron chi connectivity index (χ2n) is 9.95. The number of benzene rings is 3. The molecule has 0 spiro atoms. The topological polar surface area (TPSA) is 101 Å². The number of ether oxygens (including phenoxy) is 1. The van der Waals surface area contributed by atoms with Crippen molar-refractivity contribution in [2.45, 2.75) is 18.7 Å². The minimum absolute atomic E-state index is 0.133. The average molecular weight is 607 g/mol. The number of carbonyl (C=O) groups is 2. The Kier molecular flexibility index (Phi) is 8.40. The number of anilines is 1. The van der Waals surface area contributed by atoms with Gasteiger partial charge in [-0.25, -0.2) is 8.42 Å². The Morgan fingerprint density at radius 1 is 0.905 bits per heavy atom. The summed E-state index contributed by atoms with van der Waals surface area (Å²) in [4.78, 5) is 26.9. The minimum Gasteiger partial charge on any atom is -0.497 e. The predicted octanol–water partition coefficient (Wildman–Crippen LogP) is 5.22. The number of rotatable bonds is 7. The fraction of sp³-hybridized carbons (Fsp3) is 0.226. The lowest BCUT2D eigenvalue weighted by molar-refractivity contribution is -0.114. The Morgan fingerprint density at radius 2 is 1.55 bits per heavy atom. The van der Waals surface area contributed by atoms with E-state index in [-0.39, 0.29) is 42.9 Å². The van der Waals surface area contributed by atoms with E-state index in [9.17, 15) is 18.0 Å². The van der Waals surface area contributed by atoms with Crippen LogP contribution in [0.5, 0.6) is 5.75 Å². The van der Waals surface area contributed by atoms with E-state index in [2.05, 4.69) is 5.32 Å². The lowest BCUT2D eigenvalue weighted by Crippen LogP contribution is -2.50. The molecule has 42 heavy (non-hydrogen) atoms. The summed E-state index contributed by atoms with van der Waals surface area (Å²) in [6.07, 6.45) is 0. The van der Waals surface area contributed by atoms with Crippen LogP contribution in [0.25, 0.3) is 16.9 Å². The summed E-state index contributed by atoms with van der Waals surface area (Å²) in [6, 6.07) is 23.0. The predicted molar refractivity (Wildman–Crippen MR) is 163 cm³/mol. The number of methoxy groups -OCH3 is 1. The first-order valence-corrected chi connectivity index (χ1v) is 15.2. The Morgan fingerprint density at radius 3 is 2.14 bits per heavy atom. The van der Waals surface area contributed by atoms with Gasteiger partial charge in [0.05, 0.1) is 34.0 Å². The third kappa shape index (κ3) is 5.78. The zero-order valence-electron chi connectivity index (χ0n) is 23.5. The smallest absolute Gasteiger partial charge is 0.255 e. The summed E-state index contributed by atoms with van der Waals surface area (Å²) in [5, 5.41) is 3.18. The Hall–Kier alpha value is -4.12. The highest BCUT2D eigenvalue weighted by Gasteiger charge is 2.32. The van der Waals surface area contributed by atoms with Crippen molar-refractivity contribution >= 4 is 39.1 Å². The number of para-hydroxylation sites is 1. The maximum absolute atomic E-state index is 13.8. The van der Waals surface area contributed by atoms with Crippen LogP contribution < -0.4 is 10.1 Å².